The Morgan fingerprint density at radius 2 is 2.10 bits per heavy atom. The minimum atomic E-state index is -0.892. The second-order valence-electron chi connectivity index (χ2n) is 4.96. The van der Waals surface area contributed by atoms with Crippen LogP contribution in [0.4, 0.5) is 0 Å². The highest BCUT2D eigenvalue weighted by atomic mass is 16.4. The number of carbonyl (C=O) groups is 1. The molecule has 1 heterocycles. The largest absolute Gasteiger partial charge is 0.480 e. The Bertz CT molecular complexity index is 542. The van der Waals surface area contributed by atoms with E-state index in [1.54, 1.807) is 12.5 Å². The molecule has 112 valence electrons. The van der Waals surface area contributed by atoms with Gasteiger partial charge in [-0.15, -0.1) is 0 Å². The number of hydrogen-bond donors (Lipinski definition) is 4. The number of carboxylic acid groups (broad SMARTS) is 1. The molecule has 0 amide bonds. The van der Waals surface area contributed by atoms with Crippen molar-refractivity contribution in [1.82, 2.24) is 15.3 Å². The van der Waals surface area contributed by atoms with E-state index in [1.165, 1.54) is 0 Å². The van der Waals surface area contributed by atoms with Crippen LogP contribution in [0.3, 0.4) is 0 Å². The van der Waals surface area contributed by atoms with E-state index in [1.807, 2.05) is 30.3 Å². The predicted octanol–water partition coefficient (Wildman–Crippen LogP) is 0.565. The van der Waals surface area contributed by atoms with Gasteiger partial charge in [-0.05, 0) is 12.0 Å². The Balaban J connectivity index is 1.98. The standard InChI is InChI=1S/C15H20N4O2/c16-8-12(6-11-4-2-1-3-5-11)19-14(15(20)21)7-13-9-17-10-18-13/h1-5,9-10,12,14,19H,6-8,16H2,(H,17,18)(H,20,21). The van der Waals surface area contributed by atoms with Crippen LogP contribution in [0.25, 0.3) is 0 Å². The topological polar surface area (TPSA) is 104 Å². The number of carboxylic acids is 1. The minimum Gasteiger partial charge on any atom is -0.480 e. The van der Waals surface area contributed by atoms with E-state index in [-0.39, 0.29) is 6.04 Å². The van der Waals surface area contributed by atoms with Crippen molar-refractivity contribution in [3.05, 3.63) is 54.1 Å². The molecule has 1 aromatic heterocycles. The molecule has 2 atom stereocenters. The zero-order chi connectivity index (χ0) is 15.1. The zero-order valence-corrected chi connectivity index (χ0v) is 11.7. The summed E-state index contributed by atoms with van der Waals surface area (Å²) >= 11 is 0. The van der Waals surface area contributed by atoms with Crippen molar-refractivity contribution >= 4 is 5.97 Å². The molecule has 0 aliphatic heterocycles. The van der Waals surface area contributed by atoms with E-state index in [2.05, 4.69) is 15.3 Å². The second-order valence-corrected chi connectivity index (χ2v) is 4.96. The second kappa shape index (κ2) is 7.56. The number of hydrogen-bond acceptors (Lipinski definition) is 4. The molecule has 5 N–H and O–H groups in total. The molecule has 2 rings (SSSR count). The van der Waals surface area contributed by atoms with Gasteiger partial charge in [-0.25, -0.2) is 4.98 Å². The van der Waals surface area contributed by atoms with Crippen molar-refractivity contribution in [1.29, 1.82) is 0 Å². The van der Waals surface area contributed by atoms with Crippen molar-refractivity contribution in [2.75, 3.05) is 6.54 Å². The van der Waals surface area contributed by atoms with Crippen LogP contribution in [0, 0.1) is 0 Å². The Morgan fingerprint density at radius 3 is 2.67 bits per heavy atom. The van der Waals surface area contributed by atoms with Gasteiger partial charge in [0, 0.05) is 30.9 Å². The number of aromatic amines is 1. The highest BCUT2D eigenvalue weighted by Gasteiger charge is 2.22. The molecule has 6 heteroatoms. The van der Waals surface area contributed by atoms with Crippen LogP contribution in [0.2, 0.25) is 0 Å². The summed E-state index contributed by atoms with van der Waals surface area (Å²) in [7, 11) is 0. The molecule has 0 aliphatic rings. The number of imidazole rings is 1. The molecule has 2 unspecified atom stereocenters. The van der Waals surface area contributed by atoms with Crippen LogP contribution in [0.15, 0.2) is 42.9 Å². The van der Waals surface area contributed by atoms with Gasteiger partial charge in [0.1, 0.15) is 6.04 Å². The lowest BCUT2D eigenvalue weighted by atomic mass is 10.0. The summed E-state index contributed by atoms with van der Waals surface area (Å²) in [6.07, 6.45) is 4.22. The van der Waals surface area contributed by atoms with E-state index in [4.69, 9.17) is 5.73 Å². The van der Waals surface area contributed by atoms with Gasteiger partial charge in [-0.3, -0.25) is 10.1 Å². The Hall–Kier alpha value is -2.18. The molecule has 21 heavy (non-hydrogen) atoms. The summed E-state index contributed by atoms with van der Waals surface area (Å²) in [6, 6.07) is 9.11. The Labute approximate surface area is 123 Å². The minimum absolute atomic E-state index is 0.0866. The first-order valence-corrected chi connectivity index (χ1v) is 6.89. The Morgan fingerprint density at radius 1 is 1.33 bits per heavy atom. The maximum absolute atomic E-state index is 11.4. The van der Waals surface area contributed by atoms with E-state index >= 15 is 0 Å². The molecule has 1 aromatic carbocycles. The average molecular weight is 288 g/mol. The third kappa shape index (κ3) is 4.70. The molecule has 0 fully saturated rings. The third-order valence-electron chi connectivity index (χ3n) is 3.32. The van der Waals surface area contributed by atoms with E-state index in [9.17, 15) is 9.90 Å². The first-order chi connectivity index (χ1) is 10.2. The maximum Gasteiger partial charge on any atom is 0.321 e. The fourth-order valence-electron chi connectivity index (χ4n) is 2.23. The van der Waals surface area contributed by atoms with Crippen molar-refractivity contribution in [3.63, 3.8) is 0 Å². The van der Waals surface area contributed by atoms with Crippen molar-refractivity contribution in [2.24, 2.45) is 5.73 Å². The molecule has 6 nitrogen and oxygen atoms in total. The van der Waals surface area contributed by atoms with E-state index in [0.717, 1.165) is 11.3 Å². The van der Waals surface area contributed by atoms with Gasteiger partial charge in [-0.2, -0.15) is 0 Å². The maximum atomic E-state index is 11.4. The number of nitrogens with zero attached hydrogens (tertiary/aromatic N) is 1. The van der Waals surface area contributed by atoms with Crippen LogP contribution in [0.1, 0.15) is 11.3 Å². The molecular weight excluding hydrogens is 268 g/mol. The monoisotopic (exact) mass is 288 g/mol. The number of rotatable bonds is 8. The fourth-order valence-corrected chi connectivity index (χ4v) is 2.23. The number of nitrogens with two attached hydrogens (primary N) is 1. The van der Waals surface area contributed by atoms with E-state index < -0.39 is 12.0 Å². The average Bonchev–Trinajstić information content (AvgIpc) is 2.99. The number of H-pyrrole nitrogens is 1. The van der Waals surface area contributed by atoms with Gasteiger partial charge in [-0.1, -0.05) is 30.3 Å². The van der Waals surface area contributed by atoms with Gasteiger partial charge >= 0.3 is 5.97 Å². The molecule has 2 aromatic rings. The summed E-state index contributed by atoms with van der Waals surface area (Å²) in [5.74, 6) is -0.892. The quantitative estimate of drug-likeness (QED) is 0.568. The van der Waals surface area contributed by atoms with Crippen molar-refractivity contribution in [3.8, 4) is 0 Å². The first-order valence-electron chi connectivity index (χ1n) is 6.89. The molecule has 0 aliphatic carbocycles. The van der Waals surface area contributed by atoms with E-state index in [0.29, 0.717) is 19.4 Å². The van der Waals surface area contributed by atoms with Crippen LogP contribution in [-0.2, 0) is 17.6 Å². The molecule has 0 saturated carbocycles. The normalized spacial score (nSPS) is 13.8. The highest BCUT2D eigenvalue weighted by Crippen LogP contribution is 2.05. The van der Waals surface area contributed by atoms with Crippen molar-refractivity contribution < 1.29 is 9.90 Å². The SMILES string of the molecule is NCC(Cc1ccccc1)NC(Cc1cnc[nH]1)C(=O)O. The first kappa shape index (κ1) is 15.2. The highest BCUT2D eigenvalue weighted by molar-refractivity contribution is 5.73. The van der Waals surface area contributed by atoms with Gasteiger partial charge < -0.3 is 15.8 Å². The molecule has 0 bridgehead atoms. The fraction of sp³-hybridized carbons (Fsp3) is 0.333. The third-order valence-corrected chi connectivity index (χ3v) is 3.32. The number of aliphatic carboxylic acids is 1. The zero-order valence-electron chi connectivity index (χ0n) is 11.7. The number of nitrogens with one attached hydrogen (secondary N) is 2. The number of benzene rings is 1. The van der Waals surface area contributed by atoms with Gasteiger partial charge in [0.2, 0.25) is 0 Å². The molecule has 0 saturated heterocycles. The van der Waals surface area contributed by atoms with Crippen LogP contribution in [0.5, 0.6) is 0 Å². The predicted molar refractivity (Wildman–Crippen MR) is 79.8 cm³/mol. The molecular formula is C15H20N4O2. The van der Waals surface area contributed by atoms with Crippen LogP contribution >= 0.6 is 0 Å². The summed E-state index contributed by atoms with van der Waals surface area (Å²) in [5, 5.41) is 12.5. The summed E-state index contributed by atoms with van der Waals surface area (Å²) in [5.41, 5.74) is 7.68. The lowest BCUT2D eigenvalue weighted by Gasteiger charge is -2.22. The number of aromatic nitrogens is 2. The Kier molecular flexibility index (Phi) is 5.48. The molecule has 0 spiro atoms. The summed E-state index contributed by atoms with van der Waals surface area (Å²) in [4.78, 5) is 18.2. The van der Waals surface area contributed by atoms with Crippen molar-refractivity contribution in [2.45, 2.75) is 24.9 Å². The molecule has 0 radical (unpaired) electrons. The lowest BCUT2D eigenvalue weighted by Crippen LogP contribution is -2.48. The van der Waals surface area contributed by atoms with Gasteiger partial charge in [0.05, 0.1) is 6.33 Å². The summed E-state index contributed by atoms with van der Waals surface area (Å²) < 4.78 is 0. The smallest absolute Gasteiger partial charge is 0.321 e. The van der Waals surface area contributed by atoms with Crippen LogP contribution in [-0.4, -0.2) is 39.7 Å². The summed E-state index contributed by atoms with van der Waals surface area (Å²) in [6.45, 7) is 0.377. The van der Waals surface area contributed by atoms with Gasteiger partial charge in [0.15, 0.2) is 0 Å². The van der Waals surface area contributed by atoms with Crippen LogP contribution < -0.4 is 11.1 Å². The lowest BCUT2D eigenvalue weighted by molar-refractivity contribution is -0.139. The van der Waals surface area contributed by atoms with Gasteiger partial charge in [0.25, 0.3) is 0 Å².